The van der Waals surface area contributed by atoms with E-state index in [2.05, 4.69) is 19.2 Å². The summed E-state index contributed by atoms with van der Waals surface area (Å²) in [4.78, 5) is 27.8. The molecule has 2 aromatic rings. The number of hydrogen-bond acceptors (Lipinski definition) is 3. The quantitative estimate of drug-likeness (QED) is 0.664. The van der Waals surface area contributed by atoms with Crippen molar-refractivity contribution in [3.8, 4) is 5.75 Å². The van der Waals surface area contributed by atoms with E-state index in [1.807, 2.05) is 61.5 Å². The monoisotopic (exact) mass is 396 g/mol. The molecule has 0 fully saturated rings. The summed E-state index contributed by atoms with van der Waals surface area (Å²) in [6.45, 7) is 7.05. The lowest BCUT2D eigenvalue weighted by Gasteiger charge is -2.31. The highest BCUT2D eigenvalue weighted by Crippen LogP contribution is 2.16. The number of carbonyl (C=O) groups excluding carboxylic acids is 2. The average Bonchev–Trinajstić information content (AvgIpc) is 2.73. The van der Waals surface area contributed by atoms with Crippen LogP contribution in [0.5, 0.6) is 5.75 Å². The van der Waals surface area contributed by atoms with Gasteiger partial charge in [0.15, 0.2) is 0 Å². The standard InChI is InChI=1S/C24H32N2O3/c1-5-22(24(28)25-16-18(2)3)26(17-20-9-7-6-8-10-20)23(27)15-19-11-13-21(29-4)14-12-19/h6-14,18,22H,5,15-17H2,1-4H3,(H,25,28)/t22-/m0/s1. The molecule has 0 saturated carbocycles. The van der Waals surface area contributed by atoms with Crippen LogP contribution < -0.4 is 10.1 Å². The molecule has 29 heavy (non-hydrogen) atoms. The Hall–Kier alpha value is -2.82. The minimum atomic E-state index is -0.500. The smallest absolute Gasteiger partial charge is 0.242 e. The third-order valence-corrected chi connectivity index (χ3v) is 4.78. The number of rotatable bonds is 10. The molecule has 0 heterocycles. The SMILES string of the molecule is CC[C@@H](C(=O)NCC(C)C)N(Cc1ccccc1)C(=O)Cc1ccc(OC)cc1. The molecular formula is C24H32N2O3. The molecule has 0 aliphatic carbocycles. The molecule has 1 atom stereocenters. The second-order valence-corrected chi connectivity index (χ2v) is 7.60. The molecule has 2 rings (SSSR count). The van der Waals surface area contributed by atoms with Crippen molar-refractivity contribution in [3.05, 3.63) is 65.7 Å². The lowest BCUT2D eigenvalue weighted by Crippen LogP contribution is -2.50. The van der Waals surface area contributed by atoms with Gasteiger partial charge < -0.3 is 15.0 Å². The van der Waals surface area contributed by atoms with Gasteiger partial charge in [0.25, 0.3) is 0 Å². The van der Waals surface area contributed by atoms with Crippen LogP contribution in [0.25, 0.3) is 0 Å². The number of amides is 2. The molecule has 156 valence electrons. The summed E-state index contributed by atoms with van der Waals surface area (Å²) in [5.41, 5.74) is 1.90. The van der Waals surface area contributed by atoms with Crippen LogP contribution >= 0.6 is 0 Å². The average molecular weight is 397 g/mol. The van der Waals surface area contributed by atoms with Crippen molar-refractivity contribution < 1.29 is 14.3 Å². The molecule has 0 aromatic heterocycles. The minimum Gasteiger partial charge on any atom is -0.497 e. The van der Waals surface area contributed by atoms with Gasteiger partial charge >= 0.3 is 0 Å². The van der Waals surface area contributed by atoms with Gasteiger partial charge in [0.05, 0.1) is 13.5 Å². The molecule has 5 nitrogen and oxygen atoms in total. The molecule has 0 saturated heterocycles. The van der Waals surface area contributed by atoms with Crippen molar-refractivity contribution in [3.63, 3.8) is 0 Å². The number of nitrogens with zero attached hydrogens (tertiary/aromatic N) is 1. The highest BCUT2D eigenvalue weighted by Gasteiger charge is 2.28. The van der Waals surface area contributed by atoms with Crippen molar-refractivity contribution in [1.82, 2.24) is 10.2 Å². The first-order valence-electron chi connectivity index (χ1n) is 10.2. The molecule has 1 N–H and O–H groups in total. The molecule has 2 amide bonds. The van der Waals surface area contributed by atoms with E-state index in [1.165, 1.54) is 0 Å². The van der Waals surface area contributed by atoms with E-state index in [0.717, 1.165) is 16.9 Å². The summed E-state index contributed by atoms with van der Waals surface area (Å²) < 4.78 is 5.19. The second-order valence-electron chi connectivity index (χ2n) is 7.60. The maximum absolute atomic E-state index is 13.2. The Labute approximate surface area is 174 Å². The van der Waals surface area contributed by atoms with Gasteiger partial charge in [0.2, 0.25) is 11.8 Å². The zero-order valence-corrected chi connectivity index (χ0v) is 17.9. The van der Waals surface area contributed by atoms with Crippen molar-refractivity contribution in [2.45, 2.75) is 46.2 Å². The molecular weight excluding hydrogens is 364 g/mol. The lowest BCUT2D eigenvalue weighted by molar-refractivity contribution is -0.141. The first kappa shape index (κ1) is 22.5. The Morgan fingerprint density at radius 2 is 1.66 bits per heavy atom. The summed E-state index contributed by atoms with van der Waals surface area (Å²) in [7, 11) is 1.61. The first-order valence-corrected chi connectivity index (χ1v) is 10.2. The highest BCUT2D eigenvalue weighted by atomic mass is 16.5. The zero-order chi connectivity index (χ0) is 21.2. The van der Waals surface area contributed by atoms with E-state index in [0.29, 0.717) is 25.4 Å². The lowest BCUT2D eigenvalue weighted by atomic mass is 10.1. The molecule has 0 radical (unpaired) electrons. The van der Waals surface area contributed by atoms with Crippen molar-refractivity contribution in [1.29, 1.82) is 0 Å². The van der Waals surface area contributed by atoms with Crippen LogP contribution in [0.15, 0.2) is 54.6 Å². The summed E-state index contributed by atoms with van der Waals surface area (Å²) in [6.07, 6.45) is 0.801. The third kappa shape index (κ3) is 6.93. The summed E-state index contributed by atoms with van der Waals surface area (Å²) in [5.74, 6) is 0.946. The van der Waals surface area contributed by atoms with E-state index in [-0.39, 0.29) is 18.2 Å². The van der Waals surface area contributed by atoms with E-state index in [4.69, 9.17) is 4.74 Å². The van der Waals surface area contributed by atoms with Gasteiger partial charge in [-0.15, -0.1) is 0 Å². The molecule has 0 spiro atoms. The second kappa shape index (κ2) is 11.2. The van der Waals surface area contributed by atoms with Crippen molar-refractivity contribution >= 4 is 11.8 Å². The van der Waals surface area contributed by atoms with E-state index < -0.39 is 6.04 Å². The van der Waals surface area contributed by atoms with Gasteiger partial charge in [-0.1, -0.05) is 63.2 Å². The maximum atomic E-state index is 13.2. The van der Waals surface area contributed by atoms with Gasteiger partial charge in [0, 0.05) is 13.1 Å². The van der Waals surface area contributed by atoms with Gasteiger partial charge in [0.1, 0.15) is 11.8 Å². The number of ether oxygens (including phenoxy) is 1. The maximum Gasteiger partial charge on any atom is 0.242 e. The number of benzene rings is 2. The van der Waals surface area contributed by atoms with Crippen LogP contribution in [0.3, 0.4) is 0 Å². The van der Waals surface area contributed by atoms with Crippen LogP contribution in [-0.4, -0.2) is 36.4 Å². The zero-order valence-electron chi connectivity index (χ0n) is 17.9. The minimum absolute atomic E-state index is 0.0643. The van der Waals surface area contributed by atoms with Crippen LogP contribution in [0.2, 0.25) is 0 Å². The topological polar surface area (TPSA) is 58.6 Å². The fourth-order valence-electron chi connectivity index (χ4n) is 3.14. The number of methoxy groups -OCH3 is 1. The van der Waals surface area contributed by atoms with E-state index in [1.54, 1.807) is 12.0 Å². The van der Waals surface area contributed by atoms with Crippen LogP contribution in [0.1, 0.15) is 38.3 Å². The molecule has 0 aliphatic rings. The Morgan fingerprint density at radius 1 is 1.00 bits per heavy atom. The Kier molecular flexibility index (Phi) is 8.71. The normalized spacial score (nSPS) is 11.8. The van der Waals surface area contributed by atoms with E-state index in [9.17, 15) is 9.59 Å². The predicted molar refractivity (Wildman–Crippen MR) is 116 cm³/mol. The van der Waals surface area contributed by atoms with E-state index >= 15 is 0 Å². The highest BCUT2D eigenvalue weighted by molar-refractivity contribution is 5.88. The van der Waals surface area contributed by atoms with Gasteiger partial charge in [-0.3, -0.25) is 9.59 Å². The van der Waals surface area contributed by atoms with Crippen molar-refractivity contribution in [2.24, 2.45) is 5.92 Å². The molecule has 2 aromatic carbocycles. The fourth-order valence-corrected chi connectivity index (χ4v) is 3.14. The Morgan fingerprint density at radius 3 is 2.21 bits per heavy atom. The molecule has 5 heteroatoms. The summed E-state index contributed by atoms with van der Waals surface area (Å²) in [5, 5.41) is 2.98. The summed E-state index contributed by atoms with van der Waals surface area (Å²) in [6, 6.07) is 16.8. The largest absolute Gasteiger partial charge is 0.497 e. The Balaban J connectivity index is 2.21. The van der Waals surface area contributed by atoms with Gasteiger partial charge in [-0.25, -0.2) is 0 Å². The molecule has 0 bridgehead atoms. The number of carbonyl (C=O) groups is 2. The Bertz CT molecular complexity index is 772. The fraction of sp³-hybridized carbons (Fsp3) is 0.417. The van der Waals surface area contributed by atoms with Gasteiger partial charge in [-0.05, 0) is 35.6 Å². The number of nitrogens with one attached hydrogen (secondary N) is 1. The third-order valence-electron chi connectivity index (χ3n) is 4.78. The summed E-state index contributed by atoms with van der Waals surface area (Å²) >= 11 is 0. The molecule has 0 aliphatic heterocycles. The first-order chi connectivity index (χ1) is 13.9. The van der Waals surface area contributed by atoms with Crippen molar-refractivity contribution in [2.75, 3.05) is 13.7 Å². The van der Waals surface area contributed by atoms with Crippen LogP contribution in [-0.2, 0) is 22.6 Å². The molecule has 0 unspecified atom stereocenters. The van der Waals surface area contributed by atoms with Crippen LogP contribution in [0, 0.1) is 5.92 Å². The predicted octanol–water partition coefficient (Wildman–Crippen LogP) is 3.82. The van der Waals surface area contributed by atoms with Crippen LogP contribution in [0.4, 0.5) is 0 Å². The number of hydrogen-bond donors (Lipinski definition) is 1. The van der Waals surface area contributed by atoms with Gasteiger partial charge in [-0.2, -0.15) is 0 Å².